The second-order valence-electron chi connectivity index (χ2n) is 33.9. The Kier molecular flexibility index (Phi) is 22.8. The van der Waals surface area contributed by atoms with Gasteiger partial charge in [-0.05, 0) is 183 Å². The van der Waals surface area contributed by atoms with E-state index in [1.807, 2.05) is 112 Å². The maximum absolute atomic E-state index is 13.5. The number of aryl methyl sites for hydroxylation is 1. The lowest BCUT2D eigenvalue weighted by Gasteiger charge is -2.25. The van der Waals surface area contributed by atoms with Gasteiger partial charge in [0.15, 0.2) is 5.82 Å². The Morgan fingerprint density at radius 2 is 0.780 bits per heavy atom. The highest BCUT2D eigenvalue weighted by Crippen LogP contribution is 2.46. The zero-order valence-corrected chi connectivity index (χ0v) is 70.5. The molecule has 21 rings (SSSR count). The van der Waals surface area contributed by atoms with Crippen molar-refractivity contribution in [3.05, 3.63) is 200 Å². The second kappa shape index (κ2) is 34.8. The van der Waals surface area contributed by atoms with Gasteiger partial charge in [0.1, 0.15) is 109 Å². The minimum absolute atomic E-state index is 0.0631. The number of halogens is 1. The Balaban J connectivity index is 0.000000115. The molecule has 32 heteroatoms. The number of para-hydroxylation sites is 4. The van der Waals surface area contributed by atoms with Crippen molar-refractivity contribution >= 4 is 113 Å². The lowest BCUT2D eigenvalue weighted by molar-refractivity contribution is -0.143. The number of hydrogen-bond acceptors (Lipinski definition) is 19. The molecule has 0 unspecified atom stereocenters. The number of imidazole rings is 4. The highest BCUT2D eigenvalue weighted by Gasteiger charge is 2.37. The van der Waals surface area contributed by atoms with Crippen molar-refractivity contribution in [3.63, 3.8) is 0 Å². The summed E-state index contributed by atoms with van der Waals surface area (Å²) in [5.74, 6) is 3.12. The SMILES string of the molecule is CC(C)Oc1cccc2cc(-c3nc(C4CCC(C(=O)O)CC4)n4ccnc(N)c34)[nH]c12.CCc1cccc2cc(-c3nc(C4CCC(C(=O)O)CC4)n4ccnc(N)c34)[nH]c12.COc1cccc2cc(-c3nc(C4CCC(C(=O)O)CC4)n4ccnc(N)c34)[nH]c12.Nc1ncnn2c(C3CCC(C(=O)O)CC3)nc(-c3cc4cccc(-c5ccc(F)cc5)c4[nH]3)c12. The molecule has 12 heterocycles. The number of rotatable bonds is 17. The summed E-state index contributed by atoms with van der Waals surface area (Å²) in [6, 6.07) is 38.8. The van der Waals surface area contributed by atoms with Crippen LogP contribution in [-0.2, 0) is 25.6 Å². The number of nitrogens with one attached hydrogen (secondary N) is 4. The molecule has 17 aromatic rings. The van der Waals surface area contributed by atoms with Gasteiger partial charge in [0.05, 0.1) is 76.2 Å². The number of aliphatic carboxylic acids is 4. The van der Waals surface area contributed by atoms with Crippen molar-refractivity contribution in [2.45, 2.75) is 160 Å². The quantitative estimate of drug-likeness (QED) is 0.0403. The molecule has 16 N–H and O–H groups in total. The maximum Gasteiger partial charge on any atom is 0.306 e. The van der Waals surface area contributed by atoms with E-state index < -0.39 is 23.9 Å². The van der Waals surface area contributed by atoms with E-state index in [2.05, 4.69) is 82.2 Å². The summed E-state index contributed by atoms with van der Waals surface area (Å²) in [7, 11) is 1.65. The molecule has 0 spiro atoms. The molecule has 0 radical (unpaired) electrons. The number of aromatic nitrogens is 17. The first-order chi connectivity index (χ1) is 61.5. The summed E-state index contributed by atoms with van der Waals surface area (Å²) in [6.45, 7) is 6.15. The molecule has 0 amide bonds. The van der Waals surface area contributed by atoms with Crippen molar-refractivity contribution in [3.8, 4) is 68.2 Å². The number of methoxy groups -OCH3 is 1. The van der Waals surface area contributed by atoms with E-state index in [1.165, 1.54) is 24.0 Å². The van der Waals surface area contributed by atoms with Gasteiger partial charge in [0.25, 0.3) is 0 Å². The molecular formula is C95H98FN21O10. The van der Waals surface area contributed by atoms with Gasteiger partial charge in [0, 0.05) is 93.5 Å². The summed E-state index contributed by atoms with van der Waals surface area (Å²) < 4.78 is 32.7. The summed E-state index contributed by atoms with van der Waals surface area (Å²) in [5.41, 5.74) is 41.4. The second-order valence-corrected chi connectivity index (χ2v) is 33.9. The Morgan fingerprint density at radius 3 is 1.19 bits per heavy atom. The average molecular weight is 1710 g/mol. The first-order valence-corrected chi connectivity index (χ1v) is 43.3. The third-order valence-corrected chi connectivity index (χ3v) is 25.9. The number of hydrogen-bond donors (Lipinski definition) is 12. The largest absolute Gasteiger partial charge is 0.495 e. The molecule has 650 valence electrons. The van der Waals surface area contributed by atoms with Crippen LogP contribution in [-0.4, -0.2) is 140 Å². The fraction of sp³-hybridized carbons (Fsp3) is 0.316. The van der Waals surface area contributed by atoms with E-state index in [-0.39, 0.29) is 59.3 Å². The van der Waals surface area contributed by atoms with Crippen molar-refractivity contribution < 1.29 is 53.5 Å². The molecule has 0 aliphatic heterocycles. The van der Waals surface area contributed by atoms with Crippen molar-refractivity contribution in [1.82, 2.24) is 82.6 Å². The number of aromatic amines is 4. The van der Waals surface area contributed by atoms with Crippen molar-refractivity contribution in [2.24, 2.45) is 23.7 Å². The van der Waals surface area contributed by atoms with Crippen LogP contribution in [0.3, 0.4) is 0 Å². The molecule has 0 bridgehead atoms. The molecular weight excluding hydrogens is 1610 g/mol. The number of ether oxygens (including phenoxy) is 2. The van der Waals surface area contributed by atoms with Crippen LogP contribution in [0.2, 0.25) is 0 Å². The molecule has 31 nitrogen and oxygen atoms in total. The van der Waals surface area contributed by atoms with Gasteiger partial charge < -0.3 is 72.8 Å². The number of anilines is 4. The molecule has 4 saturated carbocycles. The number of carboxylic acids is 4. The van der Waals surface area contributed by atoms with Gasteiger partial charge in [-0.25, -0.2) is 48.8 Å². The van der Waals surface area contributed by atoms with Crippen LogP contribution in [0, 0.1) is 29.5 Å². The summed E-state index contributed by atoms with van der Waals surface area (Å²) in [4.78, 5) is 96.4. The van der Waals surface area contributed by atoms with Gasteiger partial charge in [-0.1, -0.05) is 79.7 Å². The molecule has 4 aliphatic carbocycles. The smallest absolute Gasteiger partial charge is 0.306 e. The van der Waals surface area contributed by atoms with Crippen LogP contribution in [0.1, 0.15) is 176 Å². The van der Waals surface area contributed by atoms with Gasteiger partial charge in [-0.3, -0.25) is 32.4 Å². The fourth-order valence-electron chi connectivity index (χ4n) is 19.3. The number of H-pyrrole nitrogens is 4. The first kappa shape index (κ1) is 83.2. The molecule has 4 fully saturated rings. The monoisotopic (exact) mass is 1710 g/mol. The first-order valence-electron chi connectivity index (χ1n) is 43.3. The van der Waals surface area contributed by atoms with Crippen molar-refractivity contribution in [2.75, 3.05) is 30.0 Å². The topological polar surface area (TPSA) is 469 Å². The maximum atomic E-state index is 13.5. The number of nitrogen functional groups attached to an aromatic ring is 4. The van der Waals surface area contributed by atoms with Crippen molar-refractivity contribution in [1.29, 1.82) is 0 Å². The van der Waals surface area contributed by atoms with E-state index >= 15 is 0 Å². The molecule has 0 saturated heterocycles. The highest BCUT2D eigenvalue weighted by molar-refractivity contribution is 6.00. The molecule has 0 atom stereocenters. The third kappa shape index (κ3) is 16.1. The number of benzene rings is 5. The molecule has 5 aromatic carbocycles. The Morgan fingerprint density at radius 1 is 0.433 bits per heavy atom. The Hall–Kier alpha value is -14.7. The van der Waals surface area contributed by atoms with E-state index in [1.54, 1.807) is 42.3 Å². The van der Waals surface area contributed by atoms with Gasteiger partial charge in [0.2, 0.25) is 0 Å². The van der Waals surface area contributed by atoms with Crippen LogP contribution < -0.4 is 32.4 Å². The minimum Gasteiger partial charge on any atom is -0.495 e. The van der Waals surface area contributed by atoms with E-state index in [0.717, 1.165) is 204 Å². The number of nitrogens with zero attached hydrogens (tertiary/aromatic N) is 13. The predicted molar refractivity (Wildman–Crippen MR) is 483 cm³/mol. The standard InChI is InChI=1S/C26H23FN6O2.C24H27N5O3.C23H25N5O2.C22H23N5O3/c27-18-10-8-14(9-11-18)19-3-1-2-17-12-20(31-21(17)19)22-23-24(28)29-13-30-33(23)25(32-22)15-4-6-16(7-5-15)26(34)35;1-13(2)32-18-5-3-4-16-12-17(27-19(16)18)20-21-22(25)26-10-11-29(21)23(28-20)14-6-8-15(9-7-14)24(30)31;1-2-13-4-3-5-16-12-17(26-18(13)16)19-20-21(24)25-10-11-28(20)22(27-19)14-6-8-15(9-7-14)23(29)30;1-30-16-4-2-3-14-11-15(25-17(14)16)18-19-20(23)24-9-10-27(19)21(26-18)12-5-7-13(8-6-12)22(28)29/h1-3,8-13,15-16,31H,4-7H2,(H,34,35)(H2,28,29,30);3-5,10-15,27H,6-9H2,1-2H3,(H2,25,26)(H,30,31);3-5,10-12,14-15,26H,2,6-9H2,1H3,(H2,24,25)(H,29,30);2-4,9-13,25H,5-8H2,1H3,(H2,23,24)(H,28,29). The highest BCUT2D eigenvalue weighted by atomic mass is 19.1. The molecule has 12 aromatic heterocycles. The average Bonchev–Trinajstić information content (AvgIpc) is 1.61. The summed E-state index contributed by atoms with van der Waals surface area (Å²) in [6.07, 6.45) is 24.6. The zero-order chi connectivity index (χ0) is 88.2. The Labute approximate surface area is 726 Å². The lowest BCUT2D eigenvalue weighted by Crippen LogP contribution is -2.21. The number of carbonyl (C=O) groups is 4. The van der Waals surface area contributed by atoms with Gasteiger partial charge in [-0.2, -0.15) is 5.10 Å². The van der Waals surface area contributed by atoms with E-state index in [9.17, 15) is 44.0 Å². The van der Waals surface area contributed by atoms with Crippen LogP contribution in [0.5, 0.6) is 11.5 Å². The Bertz CT molecular complexity index is 6830. The number of carboxylic acid groups (broad SMARTS) is 4. The van der Waals surface area contributed by atoms with Gasteiger partial charge >= 0.3 is 23.9 Å². The minimum atomic E-state index is -0.737. The van der Waals surface area contributed by atoms with Crippen LogP contribution in [0.15, 0.2) is 165 Å². The predicted octanol–water partition coefficient (Wildman–Crippen LogP) is 17.8. The summed E-state index contributed by atoms with van der Waals surface area (Å²) in [5, 5.41) is 46.0. The lowest BCUT2D eigenvalue weighted by atomic mass is 9.81. The number of nitrogens with two attached hydrogens (primary N) is 4. The zero-order valence-electron chi connectivity index (χ0n) is 70.5. The van der Waals surface area contributed by atoms with Gasteiger partial charge in [-0.15, -0.1) is 0 Å². The number of fused-ring (bicyclic) bond motifs is 8. The normalized spacial score (nSPS) is 19.0. The van der Waals surface area contributed by atoms with Crippen LogP contribution >= 0.6 is 0 Å². The van der Waals surface area contributed by atoms with E-state index in [4.69, 9.17) is 52.3 Å². The van der Waals surface area contributed by atoms with E-state index in [0.29, 0.717) is 85.8 Å². The summed E-state index contributed by atoms with van der Waals surface area (Å²) >= 11 is 0. The van der Waals surface area contributed by atoms with Crippen LogP contribution in [0.25, 0.3) is 122 Å². The fourth-order valence-corrected chi connectivity index (χ4v) is 19.3. The molecule has 4 aliphatic rings. The van der Waals surface area contributed by atoms with Crippen LogP contribution in [0.4, 0.5) is 27.7 Å². The molecule has 127 heavy (non-hydrogen) atoms. The third-order valence-electron chi connectivity index (χ3n) is 25.9.